The standard InChI is InChI=1S/C24H34Cl2N2O7/c1-23(2,3)35-22(32)28-16(12-34-24(28,4)5)20(29)27-10-9-13(11-15(27)21(30)31)18-17(33-6)8-7-14(25)19(18)26/h7-8,13,15-16,21,30-31H,9-12H2,1-6H3/t13?,15?,16-/m1/s1. The molecular formula is C24H34Cl2N2O7. The largest absolute Gasteiger partial charge is 0.496 e. The molecule has 0 radical (unpaired) electrons. The molecule has 3 rings (SSSR count). The highest BCUT2D eigenvalue weighted by Crippen LogP contribution is 2.44. The third kappa shape index (κ3) is 5.80. The molecule has 2 saturated heterocycles. The topological polar surface area (TPSA) is 109 Å². The predicted octanol–water partition coefficient (Wildman–Crippen LogP) is 3.76. The third-order valence-electron chi connectivity index (χ3n) is 6.35. The summed E-state index contributed by atoms with van der Waals surface area (Å²) >= 11 is 12.7. The van der Waals surface area contributed by atoms with Gasteiger partial charge in [-0.15, -0.1) is 0 Å². The van der Waals surface area contributed by atoms with Crippen LogP contribution < -0.4 is 4.74 Å². The minimum absolute atomic E-state index is 0.0345. The van der Waals surface area contributed by atoms with E-state index in [0.29, 0.717) is 27.8 Å². The molecule has 2 aliphatic heterocycles. The Morgan fingerprint density at radius 1 is 1.23 bits per heavy atom. The first kappa shape index (κ1) is 27.8. The Morgan fingerprint density at radius 2 is 1.89 bits per heavy atom. The average molecular weight is 533 g/mol. The van der Waals surface area contributed by atoms with Crippen LogP contribution in [0.3, 0.4) is 0 Å². The zero-order valence-electron chi connectivity index (χ0n) is 20.9. The van der Waals surface area contributed by atoms with Gasteiger partial charge in [0.15, 0.2) is 6.29 Å². The number of ether oxygens (including phenoxy) is 3. The lowest BCUT2D eigenvalue weighted by Gasteiger charge is -2.43. The average Bonchev–Trinajstić information content (AvgIpc) is 3.08. The van der Waals surface area contributed by atoms with Crippen molar-refractivity contribution >= 4 is 35.2 Å². The second kappa shape index (κ2) is 10.3. The van der Waals surface area contributed by atoms with Crippen LogP contribution in [0, 0.1) is 0 Å². The minimum Gasteiger partial charge on any atom is -0.496 e. The lowest BCUT2D eigenvalue weighted by Crippen LogP contribution is -2.59. The van der Waals surface area contributed by atoms with E-state index in [-0.39, 0.29) is 25.5 Å². The second-order valence-electron chi connectivity index (χ2n) is 10.3. The second-order valence-corrected chi connectivity index (χ2v) is 11.1. The number of likely N-dealkylation sites (tertiary alicyclic amines) is 1. The third-order valence-corrected chi connectivity index (χ3v) is 7.17. The van der Waals surface area contributed by atoms with E-state index in [4.69, 9.17) is 37.4 Å². The molecule has 35 heavy (non-hydrogen) atoms. The number of hydrogen-bond donors (Lipinski definition) is 2. The van der Waals surface area contributed by atoms with E-state index in [1.807, 2.05) is 0 Å². The number of carbonyl (C=O) groups excluding carboxylic acids is 2. The van der Waals surface area contributed by atoms with Crippen molar-refractivity contribution in [3.05, 3.63) is 27.7 Å². The van der Waals surface area contributed by atoms with Crippen LogP contribution in [-0.2, 0) is 14.3 Å². The van der Waals surface area contributed by atoms with Crippen molar-refractivity contribution in [1.82, 2.24) is 9.80 Å². The van der Waals surface area contributed by atoms with Gasteiger partial charge in [-0.25, -0.2) is 4.79 Å². The maximum atomic E-state index is 13.7. The van der Waals surface area contributed by atoms with E-state index in [2.05, 4.69) is 0 Å². The highest BCUT2D eigenvalue weighted by molar-refractivity contribution is 6.42. The van der Waals surface area contributed by atoms with E-state index in [1.165, 1.54) is 16.9 Å². The molecule has 196 valence electrons. The highest BCUT2D eigenvalue weighted by Gasteiger charge is 2.51. The first-order valence-corrected chi connectivity index (χ1v) is 12.3. The summed E-state index contributed by atoms with van der Waals surface area (Å²) in [6.45, 7) is 8.76. The van der Waals surface area contributed by atoms with Crippen LogP contribution in [0.15, 0.2) is 12.1 Å². The van der Waals surface area contributed by atoms with Gasteiger partial charge >= 0.3 is 6.09 Å². The number of halogens is 2. The Kier molecular flexibility index (Phi) is 8.18. The van der Waals surface area contributed by atoms with Gasteiger partial charge in [-0.3, -0.25) is 9.69 Å². The lowest BCUT2D eigenvalue weighted by molar-refractivity contribution is -0.157. The van der Waals surface area contributed by atoms with Crippen molar-refractivity contribution in [2.45, 2.75) is 83.1 Å². The van der Waals surface area contributed by atoms with Crippen LogP contribution in [0.2, 0.25) is 10.0 Å². The van der Waals surface area contributed by atoms with Gasteiger partial charge in [-0.05, 0) is 65.5 Å². The molecule has 2 aliphatic rings. The van der Waals surface area contributed by atoms with Gasteiger partial charge in [0.05, 0.1) is 29.8 Å². The highest BCUT2D eigenvalue weighted by atomic mass is 35.5. The SMILES string of the molecule is COc1ccc(Cl)c(Cl)c1C1CCN(C(=O)[C@H]2COC(C)(C)N2C(=O)OC(C)(C)C)C(C(O)O)C1. The fourth-order valence-electron chi connectivity index (χ4n) is 4.76. The van der Waals surface area contributed by atoms with Crippen molar-refractivity contribution in [1.29, 1.82) is 0 Å². The molecule has 0 spiro atoms. The Bertz CT molecular complexity index is 964. The van der Waals surface area contributed by atoms with Gasteiger partial charge in [-0.1, -0.05) is 23.2 Å². The monoisotopic (exact) mass is 532 g/mol. The molecule has 2 amide bonds. The van der Waals surface area contributed by atoms with Crippen LogP contribution in [0.4, 0.5) is 4.79 Å². The number of aliphatic hydroxyl groups excluding tert-OH is 1. The van der Waals surface area contributed by atoms with E-state index in [9.17, 15) is 19.8 Å². The van der Waals surface area contributed by atoms with Crippen LogP contribution in [0.5, 0.6) is 5.75 Å². The van der Waals surface area contributed by atoms with Crippen LogP contribution in [0.25, 0.3) is 0 Å². The first-order valence-electron chi connectivity index (χ1n) is 11.5. The van der Waals surface area contributed by atoms with Gasteiger partial charge in [0.1, 0.15) is 23.1 Å². The number of aliphatic hydroxyl groups is 2. The minimum atomic E-state index is -1.81. The van der Waals surface area contributed by atoms with Crippen molar-refractivity contribution in [3.8, 4) is 5.75 Å². The summed E-state index contributed by atoms with van der Waals surface area (Å²) < 4.78 is 16.7. The van der Waals surface area contributed by atoms with E-state index >= 15 is 0 Å². The van der Waals surface area contributed by atoms with Gasteiger partial charge in [0.2, 0.25) is 5.91 Å². The number of hydrogen-bond acceptors (Lipinski definition) is 7. The first-order chi connectivity index (χ1) is 16.2. The molecule has 3 atom stereocenters. The molecule has 0 bridgehead atoms. The van der Waals surface area contributed by atoms with Gasteiger partial charge < -0.3 is 29.3 Å². The summed E-state index contributed by atoms with van der Waals surface area (Å²) in [6, 6.07) is 1.44. The molecule has 1 aromatic rings. The fourth-order valence-corrected chi connectivity index (χ4v) is 5.23. The zero-order valence-corrected chi connectivity index (χ0v) is 22.4. The maximum absolute atomic E-state index is 13.7. The molecule has 2 N–H and O–H groups in total. The van der Waals surface area contributed by atoms with Crippen molar-refractivity contribution < 1.29 is 34.0 Å². The Hall–Kier alpha value is -1.78. The van der Waals surface area contributed by atoms with Gasteiger partial charge in [0.25, 0.3) is 0 Å². The number of benzene rings is 1. The number of nitrogens with zero attached hydrogens (tertiary/aromatic N) is 2. The number of piperidine rings is 1. The van der Waals surface area contributed by atoms with Gasteiger partial charge in [0, 0.05) is 12.1 Å². The van der Waals surface area contributed by atoms with E-state index in [0.717, 1.165) is 0 Å². The molecular weight excluding hydrogens is 499 g/mol. The number of carbonyl (C=O) groups is 2. The molecule has 0 aliphatic carbocycles. The Balaban J connectivity index is 1.87. The molecule has 0 aromatic heterocycles. The maximum Gasteiger partial charge on any atom is 0.413 e. The number of methoxy groups -OCH3 is 1. The lowest BCUT2D eigenvalue weighted by atomic mass is 9.84. The van der Waals surface area contributed by atoms with Gasteiger partial charge in [-0.2, -0.15) is 0 Å². The van der Waals surface area contributed by atoms with Crippen LogP contribution >= 0.6 is 23.2 Å². The number of rotatable bonds is 4. The normalized spacial score (nSPS) is 24.6. The summed E-state index contributed by atoms with van der Waals surface area (Å²) in [5.41, 5.74) is -1.17. The summed E-state index contributed by atoms with van der Waals surface area (Å²) in [7, 11) is 1.52. The molecule has 0 saturated carbocycles. The van der Waals surface area contributed by atoms with Crippen molar-refractivity contribution in [2.75, 3.05) is 20.3 Å². The molecule has 11 heteroatoms. The predicted molar refractivity (Wildman–Crippen MR) is 131 cm³/mol. The summed E-state index contributed by atoms with van der Waals surface area (Å²) in [4.78, 5) is 29.3. The molecule has 2 heterocycles. The van der Waals surface area contributed by atoms with E-state index < -0.39 is 41.7 Å². The number of amides is 2. The molecule has 2 fully saturated rings. The van der Waals surface area contributed by atoms with Crippen molar-refractivity contribution in [3.63, 3.8) is 0 Å². The Labute approximate surface area is 215 Å². The molecule has 1 aromatic carbocycles. The quantitative estimate of drug-likeness (QED) is 0.568. The smallest absolute Gasteiger partial charge is 0.413 e. The molecule has 2 unspecified atom stereocenters. The molecule has 9 nitrogen and oxygen atoms in total. The van der Waals surface area contributed by atoms with E-state index in [1.54, 1.807) is 46.8 Å². The zero-order chi connectivity index (χ0) is 26.3. The van der Waals surface area contributed by atoms with Crippen molar-refractivity contribution in [2.24, 2.45) is 0 Å². The summed E-state index contributed by atoms with van der Waals surface area (Å²) in [5.74, 6) is -0.134. The van der Waals surface area contributed by atoms with Crippen LogP contribution in [-0.4, -0.2) is 82.0 Å². The summed E-state index contributed by atoms with van der Waals surface area (Å²) in [5, 5.41) is 21.1. The summed E-state index contributed by atoms with van der Waals surface area (Å²) in [6.07, 6.45) is -1.79. The van der Waals surface area contributed by atoms with Crippen LogP contribution in [0.1, 0.15) is 58.9 Å². The Morgan fingerprint density at radius 3 is 2.46 bits per heavy atom. The fraction of sp³-hybridized carbons (Fsp3) is 0.667.